The van der Waals surface area contributed by atoms with Crippen molar-refractivity contribution in [2.75, 3.05) is 13.7 Å². The monoisotopic (exact) mass is 383 g/mol. The Hall–Kier alpha value is -2.65. The molecular formula is C17H18FNO6S. The van der Waals surface area contributed by atoms with E-state index in [-0.39, 0.29) is 12.1 Å². The Morgan fingerprint density at radius 3 is 2.62 bits per heavy atom. The Labute approximate surface area is 150 Å². The summed E-state index contributed by atoms with van der Waals surface area (Å²) in [5, 5.41) is 8.96. The number of halogens is 1. The minimum Gasteiger partial charge on any atom is -0.493 e. The fourth-order valence-corrected chi connectivity index (χ4v) is 3.37. The molecule has 0 fully saturated rings. The Bertz CT molecular complexity index is 913. The Balaban J connectivity index is 2.32. The molecule has 0 bridgehead atoms. The molecule has 0 amide bonds. The van der Waals surface area contributed by atoms with Gasteiger partial charge in [-0.05, 0) is 31.2 Å². The first kappa shape index (κ1) is 19.7. The second kappa shape index (κ2) is 8.15. The van der Waals surface area contributed by atoms with Crippen LogP contribution < -0.4 is 14.2 Å². The number of carboxylic acid groups (broad SMARTS) is 1. The van der Waals surface area contributed by atoms with Crippen molar-refractivity contribution in [2.24, 2.45) is 0 Å². The van der Waals surface area contributed by atoms with Gasteiger partial charge in [-0.1, -0.05) is 12.1 Å². The van der Waals surface area contributed by atoms with Crippen molar-refractivity contribution in [2.45, 2.75) is 18.4 Å². The highest BCUT2D eigenvalue weighted by atomic mass is 32.2. The van der Waals surface area contributed by atoms with Crippen LogP contribution in [0.25, 0.3) is 0 Å². The average Bonchev–Trinajstić information content (AvgIpc) is 2.61. The van der Waals surface area contributed by atoms with Crippen LogP contribution in [0.4, 0.5) is 4.39 Å². The smallest absolute Gasteiger partial charge is 0.335 e. The fourth-order valence-electron chi connectivity index (χ4n) is 2.26. The summed E-state index contributed by atoms with van der Waals surface area (Å²) in [6.45, 7) is 1.92. The van der Waals surface area contributed by atoms with Gasteiger partial charge >= 0.3 is 5.97 Å². The molecular weight excluding hydrogens is 365 g/mol. The predicted molar refractivity (Wildman–Crippen MR) is 91.5 cm³/mol. The first-order chi connectivity index (χ1) is 12.3. The molecule has 0 radical (unpaired) electrons. The average molecular weight is 383 g/mol. The van der Waals surface area contributed by atoms with Crippen LogP contribution in [0.2, 0.25) is 0 Å². The second-order valence-corrected chi connectivity index (χ2v) is 6.89. The lowest BCUT2D eigenvalue weighted by atomic mass is 10.2. The SMILES string of the molecule is CCOc1c(CNS(=O)(=O)c2cc(C(=O)O)ccc2F)cccc1OC. The Morgan fingerprint density at radius 1 is 1.27 bits per heavy atom. The van der Waals surface area contributed by atoms with E-state index in [0.717, 1.165) is 18.2 Å². The molecule has 2 rings (SSSR count). The summed E-state index contributed by atoms with van der Waals surface area (Å²) in [4.78, 5) is 10.3. The van der Waals surface area contributed by atoms with Crippen molar-refractivity contribution in [3.63, 3.8) is 0 Å². The summed E-state index contributed by atoms with van der Waals surface area (Å²) < 4.78 is 51.7. The number of hydrogen-bond donors (Lipinski definition) is 2. The first-order valence-corrected chi connectivity index (χ1v) is 9.09. The molecule has 0 saturated heterocycles. The van der Waals surface area contributed by atoms with Crippen LogP contribution in [0.5, 0.6) is 11.5 Å². The van der Waals surface area contributed by atoms with E-state index < -0.39 is 26.7 Å². The molecule has 0 unspecified atom stereocenters. The maximum Gasteiger partial charge on any atom is 0.335 e. The van der Waals surface area contributed by atoms with E-state index in [1.165, 1.54) is 7.11 Å². The van der Waals surface area contributed by atoms with E-state index in [2.05, 4.69) is 4.72 Å². The van der Waals surface area contributed by atoms with Gasteiger partial charge in [0.2, 0.25) is 10.0 Å². The second-order valence-electron chi connectivity index (χ2n) is 5.16. The fraction of sp³-hybridized carbons (Fsp3) is 0.235. The minimum atomic E-state index is -4.28. The van der Waals surface area contributed by atoms with E-state index in [9.17, 15) is 17.6 Å². The molecule has 0 spiro atoms. The van der Waals surface area contributed by atoms with Gasteiger partial charge in [-0.3, -0.25) is 0 Å². The van der Waals surface area contributed by atoms with Crippen LogP contribution in [0, 0.1) is 5.82 Å². The molecule has 2 aromatic rings. The summed E-state index contributed by atoms with van der Waals surface area (Å²) in [6, 6.07) is 7.53. The molecule has 140 valence electrons. The number of benzene rings is 2. The number of ether oxygens (including phenoxy) is 2. The molecule has 0 heterocycles. The predicted octanol–water partition coefficient (Wildman–Crippen LogP) is 2.41. The van der Waals surface area contributed by atoms with Crippen molar-refractivity contribution in [1.29, 1.82) is 0 Å². The van der Waals surface area contributed by atoms with Crippen LogP contribution in [-0.4, -0.2) is 33.2 Å². The Morgan fingerprint density at radius 2 is 2.00 bits per heavy atom. The number of rotatable bonds is 8. The number of carboxylic acids is 1. The molecule has 7 nitrogen and oxygen atoms in total. The number of aromatic carboxylic acids is 1. The van der Waals surface area contributed by atoms with Gasteiger partial charge in [0.15, 0.2) is 11.5 Å². The molecule has 0 saturated carbocycles. The van der Waals surface area contributed by atoms with E-state index in [0.29, 0.717) is 23.7 Å². The minimum absolute atomic E-state index is 0.189. The summed E-state index contributed by atoms with van der Waals surface area (Å²) in [6.07, 6.45) is 0. The standard InChI is InChI=1S/C17H18FNO6S/c1-3-25-16-12(5-4-6-14(16)24-2)10-19-26(22,23)15-9-11(17(20)21)7-8-13(15)18/h4-9,19H,3,10H2,1-2H3,(H,20,21). The van der Waals surface area contributed by atoms with Crippen molar-refractivity contribution in [3.8, 4) is 11.5 Å². The number of methoxy groups -OCH3 is 1. The van der Waals surface area contributed by atoms with Gasteiger partial charge in [0.1, 0.15) is 10.7 Å². The molecule has 2 aromatic carbocycles. The lowest BCUT2D eigenvalue weighted by Crippen LogP contribution is -2.25. The topological polar surface area (TPSA) is 102 Å². The molecule has 26 heavy (non-hydrogen) atoms. The zero-order chi connectivity index (χ0) is 19.3. The van der Waals surface area contributed by atoms with E-state index >= 15 is 0 Å². The van der Waals surface area contributed by atoms with Crippen LogP contribution >= 0.6 is 0 Å². The molecule has 9 heteroatoms. The molecule has 0 aliphatic heterocycles. The lowest BCUT2D eigenvalue weighted by molar-refractivity contribution is 0.0696. The van der Waals surface area contributed by atoms with Crippen LogP contribution in [0.15, 0.2) is 41.3 Å². The Kier molecular flexibility index (Phi) is 6.17. The maximum absolute atomic E-state index is 13.9. The zero-order valence-electron chi connectivity index (χ0n) is 14.2. The number of sulfonamides is 1. The number of hydrogen-bond acceptors (Lipinski definition) is 5. The largest absolute Gasteiger partial charge is 0.493 e. The highest BCUT2D eigenvalue weighted by molar-refractivity contribution is 7.89. The summed E-state index contributed by atoms with van der Waals surface area (Å²) in [5.41, 5.74) is 0.160. The molecule has 0 aliphatic rings. The van der Waals surface area contributed by atoms with Crippen molar-refractivity contribution < 1.29 is 32.2 Å². The third-order valence-corrected chi connectivity index (χ3v) is 4.91. The van der Waals surface area contributed by atoms with Gasteiger partial charge in [0, 0.05) is 12.1 Å². The number of nitrogens with one attached hydrogen (secondary N) is 1. The molecule has 0 aromatic heterocycles. The number of carbonyl (C=O) groups is 1. The van der Waals surface area contributed by atoms with Crippen LogP contribution in [0.1, 0.15) is 22.8 Å². The highest BCUT2D eigenvalue weighted by Crippen LogP contribution is 2.31. The van der Waals surface area contributed by atoms with Gasteiger partial charge in [-0.15, -0.1) is 0 Å². The van der Waals surface area contributed by atoms with Crippen molar-refractivity contribution in [1.82, 2.24) is 4.72 Å². The van der Waals surface area contributed by atoms with Crippen LogP contribution in [-0.2, 0) is 16.6 Å². The third kappa shape index (κ3) is 4.30. The van der Waals surface area contributed by atoms with Gasteiger partial charge in [-0.2, -0.15) is 0 Å². The molecule has 0 aliphatic carbocycles. The molecule has 0 atom stereocenters. The van der Waals surface area contributed by atoms with E-state index in [4.69, 9.17) is 14.6 Å². The van der Waals surface area contributed by atoms with Gasteiger partial charge in [-0.25, -0.2) is 22.3 Å². The quantitative estimate of drug-likeness (QED) is 0.726. The third-order valence-electron chi connectivity index (χ3n) is 3.49. The normalized spacial score (nSPS) is 11.2. The highest BCUT2D eigenvalue weighted by Gasteiger charge is 2.22. The van der Waals surface area contributed by atoms with Crippen LogP contribution in [0.3, 0.4) is 0 Å². The van der Waals surface area contributed by atoms with Gasteiger partial charge in [0.25, 0.3) is 0 Å². The van der Waals surface area contributed by atoms with E-state index in [1.54, 1.807) is 25.1 Å². The zero-order valence-corrected chi connectivity index (χ0v) is 15.0. The van der Waals surface area contributed by atoms with E-state index in [1.807, 2.05) is 0 Å². The summed E-state index contributed by atoms with van der Waals surface area (Å²) in [5.74, 6) is -1.59. The lowest BCUT2D eigenvalue weighted by Gasteiger charge is -2.15. The summed E-state index contributed by atoms with van der Waals surface area (Å²) >= 11 is 0. The number of para-hydroxylation sites is 1. The van der Waals surface area contributed by atoms with Crippen molar-refractivity contribution in [3.05, 3.63) is 53.3 Å². The molecule has 2 N–H and O–H groups in total. The van der Waals surface area contributed by atoms with Crippen molar-refractivity contribution >= 4 is 16.0 Å². The maximum atomic E-state index is 13.9. The first-order valence-electron chi connectivity index (χ1n) is 7.61. The van der Waals surface area contributed by atoms with Gasteiger partial charge in [0.05, 0.1) is 19.3 Å². The van der Waals surface area contributed by atoms with Gasteiger partial charge < -0.3 is 14.6 Å². The summed E-state index contributed by atoms with van der Waals surface area (Å²) in [7, 11) is -2.82.